The first-order valence-corrected chi connectivity index (χ1v) is 6.75. The molecule has 1 atom stereocenters. The van der Waals surface area contributed by atoms with Crippen molar-refractivity contribution in [1.82, 2.24) is 4.98 Å². The van der Waals surface area contributed by atoms with E-state index in [4.69, 9.17) is 27.5 Å². The number of rotatable bonds is 4. The van der Waals surface area contributed by atoms with Crippen LogP contribution in [0.3, 0.4) is 0 Å². The molecule has 1 fully saturated rings. The number of amidine groups is 1. The summed E-state index contributed by atoms with van der Waals surface area (Å²) in [4.78, 5) is 6.30. The number of hydrogen-bond donors (Lipinski definition) is 2. The summed E-state index contributed by atoms with van der Waals surface area (Å²) in [5.74, 6) is 1.13. The molecule has 1 aliphatic rings. The Morgan fingerprint density at radius 1 is 1.68 bits per heavy atom. The highest BCUT2D eigenvalue weighted by Crippen LogP contribution is 2.27. The average Bonchev–Trinajstić information content (AvgIpc) is 2.39. The second kappa shape index (κ2) is 6.21. The molecule has 0 spiro atoms. The van der Waals surface area contributed by atoms with Gasteiger partial charge in [0.15, 0.2) is 0 Å². The molecule has 1 aromatic heterocycles. The van der Waals surface area contributed by atoms with Crippen LogP contribution in [0.1, 0.15) is 18.4 Å². The van der Waals surface area contributed by atoms with E-state index in [0.717, 1.165) is 32.6 Å². The fraction of sp³-hybridized carbons (Fsp3) is 0.538. The molecule has 0 amide bonds. The number of nitrogens with two attached hydrogens (primary N) is 1. The van der Waals surface area contributed by atoms with Gasteiger partial charge in [-0.05, 0) is 24.8 Å². The van der Waals surface area contributed by atoms with E-state index in [1.807, 2.05) is 11.9 Å². The topological polar surface area (TPSA) is 75.2 Å². The third kappa shape index (κ3) is 3.36. The summed E-state index contributed by atoms with van der Waals surface area (Å²) < 4.78 is 5.48. The summed E-state index contributed by atoms with van der Waals surface area (Å²) in [5, 5.41) is 7.93. The van der Waals surface area contributed by atoms with E-state index in [2.05, 4.69) is 4.98 Å². The normalized spacial score (nSPS) is 19.2. The standard InChI is InChI=1S/C13H19ClN4O/c1-18(7-9-3-2-6-19-8-9)13-11(14)10(12(15)16)4-5-17-13/h4-5,9H,2-3,6-8H2,1H3,(H3,15,16). The van der Waals surface area contributed by atoms with Crippen LogP contribution in [0.4, 0.5) is 5.82 Å². The molecular formula is C13H19ClN4O. The van der Waals surface area contributed by atoms with Crippen molar-refractivity contribution >= 4 is 23.3 Å². The second-order valence-corrected chi connectivity index (χ2v) is 5.25. The first-order chi connectivity index (χ1) is 9.09. The molecule has 1 aliphatic heterocycles. The molecule has 0 aliphatic carbocycles. The third-order valence-corrected chi connectivity index (χ3v) is 3.68. The van der Waals surface area contributed by atoms with Gasteiger partial charge in [-0.15, -0.1) is 0 Å². The van der Waals surface area contributed by atoms with E-state index in [0.29, 0.717) is 22.3 Å². The minimum atomic E-state index is -0.0388. The zero-order valence-corrected chi connectivity index (χ0v) is 11.8. The molecule has 3 N–H and O–H groups in total. The average molecular weight is 283 g/mol. The molecule has 1 unspecified atom stereocenters. The maximum atomic E-state index is 7.49. The van der Waals surface area contributed by atoms with Crippen molar-refractivity contribution in [3.05, 3.63) is 22.8 Å². The van der Waals surface area contributed by atoms with Crippen LogP contribution in [0, 0.1) is 11.3 Å². The van der Waals surface area contributed by atoms with Crippen LogP contribution >= 0.6 is 11.6 Å². The molecule has 104 valence electrons. The quantitative estimate of drug-likeness (QED) is 0.653. The number of nitrogens with one attached hydrogen (secondary N) is 1. The van der Waals surface area contributed by atoms with Gasteiger partial charge < -0.3 is 15.4 Å². The molecule has 5 nitrogen and oxygen atoms in total. The van der Waals surface area contributed by atoms with Gasteiger partial charge in [0.25, 0.3) is 0 Å². The number of aromatic nitrogens is 1. The van der Waals surface area contributed by atoms with Gasteiger partial charge in [-0.2, -0.15) is 0 Å². The Morgan fingerprint density at radius 2 is 2.47 bits per heavy atom. The lowest BCUT2D eigenvalue weighted by Crippen LogP contribution is -2.31. The molecule has 2 rings (SSSR count). The summed E-state index contributed by atoms with van der Waals surface area (Å²) in [5.41, 5.74) is 6.03. The van der Waals surface area contributed by atoms with Crippen LogP contribution < -0.4 is 10.6 Å². The maximum Gasteiger partial charge on any atom is 0.147 e. The smallest absolute Gasteiger partial charge is 0.147 e. The summed E-state index contributed by atoms with van der Waals surface area (Å²) >= 11 is 6.26. The second-order valence-electron chi connectivity index (χ2n) is 4.87. The van der Waals surface area contributed by atoms with Crippen molar-refractivity contribution in [2.45, 2.75) is 12.8 Å². The lowest BCUT2D eigenvalue weighted by Gasteiger charge is -2.28. The highest BCUT2D eigenvalue weighted by molar-refractivity contribution is 6.36. The Kier molecular flexibility index (Phi) is 4.61. The molecule has 0 radical (unpaired) electrons. The Hall–Kier alpha value is -1.33. The zero-order valence-electron chi connectivity index (χ0n) is 11.0. The van der Waals surface area contributed by atoms with Crippen molar-refractivity contribution in [3.63, 3.8) is 0 Å². The molecule has 0 bridgehead atoms. The summed E-state index contributed by atoms with van der Waals surface area (Å²) in [7, 11) is 1.95. The van der Waals surface area contributed by atoms with E-state index >= 15 is 0 Å². The fourth-order valence-electron chi connectivity index (χ4n) is 2.33. The number of anilines is 1. The van der Waals surface area contributed by atoms with E-state index in [9.17, 15) is 0 Å². The van der Waals surface area contributed by atoms with Crippen molar-refractivity contribution in [2.24, 2.45) is 11.7 Å². The van der Waals surface area contributed by atoms with Crippen LogP contribution in [0.25, 0.3) is 0 Å². The lowest BCUT2D eigenvalue weighted by atomic mass is 10.0. The van der Waals surface area contributed by atoms with Crippen LogP contribution in [-0.2, 0) is 4.74 Å². The number of hydrogen-bond acceptors (Lipinski definition) is 4. The Bertz CT molecular complexity index is 460. The van der Waals surface area contributed by atoms with Gasteiger partial charge in [0.1, 0.15) is 11.7 Å². The monoisotopic (exact) mass is 282 g/mol. The molecular weight excluding hydrogens is 264 g/mol. The number of pyridine rings is 1. The predicted molar refractivity (Wildman–Crippen MR) is 77.1 cm³/mol. The van der Waals surface area contributed by atoms with Gasteiger partial charge in [0, 0.05) is 32.0 Å². The number of nitrogen functional groups attached to an aromatic ring is 1. The van der Waals surface area contributed by atoms with Crippen LogP contribution in [0.5, 0.6) is 0 Å². The summed E-state index contributed by atoms with van der Waals surface area (Å²) in [6, 6.07) is 1.66. The first kappa shape index (κ1) is 14.1. The highest BCUT2D eigenvalue weighted by Gasteiger charge is 2.19. The van der Waals surface area contributed by atoms with Gasteiger partial charge >= 0.3 is 0 Å². The van der Waals surface area contributed by atoms with E-state index < -0.39 is 0 Å². The zero-order chi connectivity index (χ0) is 13.8. The minimum Gasteiger partial charge on any atom is -0.384 e. The summed E-state index contributed by atoms with van der Waals surface area (Å²) in [6.07, 6.45) is 3.90. The molecule has 1 saturated heterocycles. The lowest BCUT2D eigenvalue weighted by molar-refractivity contribution is 0.0576. The van der Waals surface area contributed by atoms with Crippen molar-refractivity contribution in [3.8, 4) is 0 Å². The maximum absolute atomic E-state index is 7.49. The number of nitrogens with zero attached hydrogens (tertiary/aromatic N) is 2. The highest BCUT2D eigenvalue weighted by atomic mass is 35.5. The first-order valence-electron chi connectivity index (χ1n) is 6.37. The fourth-order valence-corrected chi connectivity index (χ4v) is 2.69. The van der Waals surface area contributed by atoms with Gasteiger partial charge in [-0.25, -0.2) is 4.98 Å². The molecule has 1 aromatic rings. The van der Waals surface area contributed by atoms with Gasteiger partial charge in [-0.3, -0.25) is 5.41 Å². The van der Waals surface area contributed by atoms with Gasteiger partial charge in [0.2, 0.25) is 0 Å². The van der Waals surface area contributed by atoms with Crippen molar-refractivity contribution in [2.75, 3.05) is 31.7 Å². The van der Waals surface area contributed by atoms with E-state index in [-0.39, 0.29) is 5.84 Å². The molecule has 2 heterocycles. The molecule has 6 heteroatoms. The molecule has 19 heavy (non-hydrogen) atoms. The van der Waals surface area contributed by atoms with E-state index in [1.165, 1.54) is 0 Å². The van der Waals surface area contributed by atoms with Crippen LogP contribution in [-0.4, -0.2) is 37.6 Å². The van der Waals surface area contributed by atoms with Gasteiger partial charge in [0.05, 0.1) is 11.6 Å². The van der Waals surface area contributed by atoms with Crippen molar-refractivity contribution in [1.29, 1.82) is 5.41 Å². The number of ether oxygens (including phenoxy) is 1. The Labute approximate surface area is 118 Å². The largest absolute Gasteiger partial charge is 0.384 e. The number of halogens is 1. The molecule has 0 aromatic carbocycles. The van der Waals surface area contributed by atoms with Crippen molar-refractivity contribution < 1.29 is 4.74 Å². The SMILES string of the molecule is CN(CC1CCCOC1)c1nccc(C(=N)N)c1Cl. The van der Waals surface area contributed by atoms with Gasteiger partial charge in [-0.1, -0.05) is 11.6 Å². The third-order valence-electron chi connectivity index (χ3n) is 3.31. The van der Waals surface area contributed by atoms with E-state index in [1.54, 1.807) is 12.3 Å². The molecule has 0 saturated carbocycles. The Balaban J connectivity index is 2.12. The van der Waals surface area contributed by atoms with Crippen LogP contribution in [0.2, 0.25) is 5.02 Å². The minimum absolute atomic E-state index is 0.0388. The Morgan fingerprint density at radius 3 is 3.11 bits per heavy atom. The predicted octanol–water partition coefficient (Wildman–Crippen LogP) is 1.88. The summed E-state index contributed by atoms with van der Waals surface area (Å²) in [6.45, 7) is 2.49. The van der Waals surface area contributed by atoms with Crippen LogP contribution in [0.15, 0.2) is 12.3 Å².